The highest BCUT2D eigenvalue weighted by molar-refractivity contribution is 7.99. The number of ether oxygens (including phenoxy) is 1. The smallest absolute Gasteiger partial charge is 0.254 e. The zero-order valence-electron chi connectivity index (χ0n) is 26.7. The van der Waals surface area contributed by atoms with Crippen LogP contribution in [-0.2, 0) is 11.2 Å². The zero-order chi connectivity index (χ0) is 31.8. The molecule has 3 aromatic carbocycles. The topological polar surface area (TPSA) is 80.6 Å². The van der Waals surface area contributed by atoms with Crippen molar-refractivity contribution in [1.29, 1.82) is 0 Å². The third kappa shape index (κ3) is 7.95. The maximum atomic E-state index is 13.4. The molecule has 5 rings (SSSR count). The van der Waals surface area contributed by atoms with Crippen LogP contribution in [0.4, 0.5) is 0 Å². The molecule has 0 spiro atoms. The summed E-state index contributed by atoms with van der Waals surface area (Å²) in [5.74, 6) is 1.74. The summed E-state index contributed by atoms with van der Waals surface area (Å²) in [6.45, 7) is 7.80. The van der Waals surface area contributed by atoms with Crippen molar-refractivity contribution in [3.8, 4) is 22.8 Å². The van der Waals surface area contributed by atoms with E-state index in [2.05, 4.69) is 48.3 Å². The quantitative estimate of drug-likeness (QED) is 0.127. The number of aryl methyl sites for hydroxylation is 2. The lowest BCUT2D eigenvalue weighted by Gasteiger charge is -2.40. The van der Waals surface area contributed by atoms with Gasteiger partial charge in [-0.15, -0.1) is 10.2 Å². The summed E-state index contributed by atoms with van der Waals surface area (Å²) in [7, 11) is 1.64. The summed E-state index contributed by atoms with van der Waals surface area (Å²) in [5, 5.41) is 9.64. The molecule has 1 unspecified atom stereocenters. The highest BCUT2D eigenvalue weighted by Gasteiger charge is 2.30. The second-order valence-corrected chi connectivity index (χ2v) is 12.6. The van der Waals surface area contributed by atoms with Crippen molar-refractivity contribution in [1.82, 2.24) is 24.6 Å². The first kappa shape index (κ1) is 32.3. The Labute approximate surface area is 270 Å². The number of benzene rings is 3. The van der Waals surface area contributed by atoms with Gasteiger partial charge in [-0.25, -0.2) is 0 Å². The van der Waals surface area contributed by atoms with E-state index in [1.165, 1.54) is 43.0 Å². The number of aromatic nitrogens is 3. The Hall–Kier alpha value is -4.11. The van der Waals surface area contributed by atoms with Gasteiger partial charge in [-0.1, -0.05) is 79.9 Å². The first-order valence-electron chi connectivity index (χ1n) is 15.8. The minimum atomic E-state index is -0.0787. The average molecular weight is 626 g/mol. The number of nitrogens with zero attached hydrogens (tertiary/aromatic N) is 5. The van der Waals surface area contributed by atoms with Crippen LogP contribution in [0.5, 0.6) is 5.75 Å². The number of carbonyl (C=O) groups excluding carboxylic acids is 2. The lowest BCUT2D eigenvalue weighted by atomic mass is 10.0. The number of carbonyl (C=O) groups is 2. The fourth-order valence-electron chi connectivity index (χ4n) is 5.66. The molecule has 0 saturated carbocycles. The molecule has 1 atom stereocenters. The maximum Gasteiger partial charge on any atom is 0.254 e. The van der Waals surface area contributed by atoms with Crippen molar-refractivity contribution < 1.29 is 14.3 Å². The van der Waals surface area contributed by atoms with Crippen molar-refractivity contribution in [3.05, 3.63) is 89.5 Å². The van der Waals surface area contributed by atoms with Crippen molar-refractivity contribution in [3.63, 3.8) is 0 Å². The second kappa shape index (κ2) is 15.3. The SMILES string of the molecule is CCCCCCc1ccc(C(=O)N2CCN(C(=O)CSc3nnc(-c4ccc(C)cc4)n3-c3ccc(OC)cc3)CC2C)cc1. The second-order valence-electron chi connectivity index (χ2n) is 11.7. The maximum absolute atomic E-state index is 13.4. The minimum Gasteiger partial charge on any atom is -0.497 e. The van der Waals surface area contributed by atoms with Crippen LogP contribution in [0.25, 0.3) is 17.1 Å². The van der Waals surface area contributed by atoms with Gasteiger partial charge in [-0.3, -0.25) is 14.2 Å². The Bertz CT molecular complexity index is 1570. The molecule has 1 fully saturated rings. The summed E-state index contributed by atoms with van der Waals surface area (Å²) < 4.78 is 7.33. The summed E-state index contributed by atoms with van der Waals surface area (Å²) >= 11 is 1.37. The molecule has 8 nitrogen and oxygen atoms in total. The van der Waals surface area contributed by atoms with Crippen LogP contribution in [0, 0.1) is 6.92 Å². The monoisotopic (exact) mass is 625 g/mol. The number of rotatable bonds is 12. The van der Waals surface area contributed by atoms with Crippen molar-refractivity contribution in [2.45, 2.75) is 64.1 Å². The first-order valence-corrected chi connectivity index (χ1v) is 16.8. The van der Waals surface area contributed by atoms with Crippen LogP contribution in [0.1, 0.15) is 61.0 Å². The minimum absolute atomic E-state index is 0.0209. The summed E-state index contributed by atoms with van der Waals surface area (Å²) in [4.78, 5) is 30.5. The summed E-state index contributed by atoms with van der Waals surface area (Å²) in [6.07, 6.45) is 5.97. The van der Waals surface area contributed by atoms with E-state index in [4.69, 9.17) is 4.74 Å². The third-order valence-electron chi connectivity index (χ3n) is 8.36. The van der Waals surface area contributed by atoms with Gasteiger partial charge in [0.05, 0.1) is 12.9 Å². The zero-order valence-corrected chi connectivity index (χ0v) is 27.6. The fourth-order valence-corrected chi connectivity index (χ4v) is 6.51. The van der Waals surface area contributed by atoms with Crippen molar-refractivity contribution >= 4 is 23.6 Å². The van der Waals surface area contributed by atoms with Gasteiger partial charge in [0.25, 0.3) is 5.91 Å². The number of hydrogen-bond donors (Lipinski definition) is 0. The molecule has 2 amide bonds. The van der Waals surface area contributed by atoms with Crippen LogP contribution in [0.2, 0.25) is 0 Å². The van der Waals surface area contributed by atoms with Gasteiger partial charge in [-0.05, 0) is 68.7 Å². The number of methoxy groups -OCH3 is 1. The molecule has 1 aliphatic rings. The van der Waals surface area contributed by atoms with E-state index in [9.17, 15) is 9.59 Å². The van der Waals surface area contributed by atoms with Crippen LogP contribution in [0.15, 0.2) is 78.0 Å². The number of thioether (sulfide) groups is 1. The Morgan fingerprint density at radius 1 is 0.911 bits per heavy atom. The van der Waals surface area contributed by atoms with Gasteiger partial charge >= 0.3 is 0 Å². The Morgan fingerprint density at radius 2 is 1.64 bits per heavy atom. The molecule has 45 heavy (non-hydrogen) atoms. The van der Waals surface area contributed by atoms with Gasteiger partial charge in [0.15, 0.2) is 11.0 Å². The Balaban J connectivity index is 1.21. The van der Waals surface area contributed by atoms with E-state index in [0.717, 1.165) is 29.0 Å². The van der Waals surface area contributed by atoms with Crippen molar-refractivity contribution in [2.24, 2.45) is 0 Å². The predicted octanol–water partition coefficient (Wildman–Crippen LogP) is 6.84. The Morgan fingerprint density at radius 3 is 2.31 bits per heavy atom. The van der Waals surface area contributed by atoms with Crippen LogP contribution < -0.4 is 4.74 Å². The molecule has 0 bridgehead atoms. The molecule has 1 aliphatic heterocycles. The van der Waals surface area contributed by atoms with Gasteiger partial charge in [0.1, 0.15) is 5.75 Å². The summed E-state index contributed by atoms with van der Waals surface area (Å²) in [6, 6.07) is 23.9. The predicted molar refractivity (Wildman–Crippen MR) is 180 cm³/mol. The standard InChI is InChI=1S/C36H43N5O3S/c1-5-6-7-8-9-28-12-16-30(17-13-28)35(43)40-23-22-39(24-27(40)3)33(42)25-45-36-38-37-34(29-14-10-26(2)11-15-29)41(36)31-18-20-32(44-4)21-19-31/h10-21,27H,5-9,22-25H2,1-4H3. The molecule has 9 heteroatoms. The normalized spacial score (nSPS) is 14.9. The average Bonchev–Trinajstić information content (AvgIpc) is 3.49. The molecule has 0 aliphatic carbocycles. The first-order chi connectivity index (χ1) is 21.9. The molecule has 1 saturated heterocycles. The lowest BCUT2D eigenvalue weighted by molar-refractivity contribution is -0.130. The highest BCUT2D eigenvalue weighted by Crippen LogP contribution is 2.29. The van der Waals surface area contributed by atoms with Gasteiger partial charge in [-0.2, -0.15) is 0 Å². The van der Waals surface area contributed by atoms with E-state index >= 15 is 0 Å². The molecule has 1 aromatic heterocycles. The van der Waals surface area contributed by atoms with E-state index < -0.39 is 0 Å². The number of amides is 2. The molecule has 2 heterocycles. The van der Waals surface area contributed by atoms with E-state index in [0.29, 0.717) is 36.2 Å². The third-order valence-corrected chi connectivity index (χ3v) is 9.27. The van der Waals surface area contributed by atoms with Gasteiger partial charge < -0.3 is 14.5 Å². The molecule has 0 radical (unpaired) electrons. The van der Waals surface area contributed by atoms with Gasteiger partial charge in [0, 0.05) is 42.5 Å². The molecule has 4 aromatic rings. The molecule has 236 valence electrons. The molecular weight excluding hydrogens is 582 g/mol. The van der Waals surface area contributed by atoms with E-state index in [1.54, 1.807) is 7.11 Å². The number of unbranched alkanes of at least 4 members (excludes halogenated alkanes) is 3. The summed E-state index contributed by atoms with van der Waals surface area (Å²) in [5.41, 5.74) is 4.97. The fraction of sp³-hybridized carbons (Fsp3) is 0.389. The van der Waals surface area contributed by atoms with Crippen molar-refractivity contribution in [2.75, 3.05) is 32.5 Å². The van der Waals surface area contributed by atoms with E-state index in [1.807, 2.05) is 69.8 Å². The lowest BCUT2D eigenvalue weighted by Crippen LogP contribution is -2.55. The van der Waals surface area contributed by atoms with Crippen LogP contribution in [0.3, 0.4) is 0 Å². The largest absolute Gasteiger partial charge is 0.497 e. The van der Waals surface area contributed by atoms with Crippen LogP contribution >= 0.6 is 11.8 Å². The molecule has 0 N–H and O–H groups in total. The van der Waals surface area contributed by atoms with Crippen LogP contribution in [-0.4, -0.2) is 74.9 Å². The molecular formula is C36H43N5O3S. The number of hydrogen-bond acceptors (Lipinski definition) is 6. The van der Waals surface area contributed by atoms with E-state index in [-0.39, 0.29) is 23.6 Å². The highest BCUT2D eigenvalue weighted by atomic mass is 32.2. The van der Waals surface area contributed by atoms with Gasteiger partial charge in [0.2, 0.25) is 5.91 Å². The Kier molecular flexibility index (Phi) is 10.9. The number of piperazine rings is 1.